The average molecular weight is 324 g/mol. The van der Waals surface area contributed by atoms with Crippen LogP contribution < -0.4 is 4.72 Å². The van der Waals surface area contributed by atoms with Crippen LogP contribution in [0.3, 0.4) is 0 Å². The zero-order chi connectivity index (χ0) is 16.3. The molecule has 0 fully saturated rings. The van der Waals surface area contributed by atoms with Crippen molar-refractivity contribution in [3.8, 4) is 0 Å². The molecule has 22 heavy (non-hydrogen) atoms. The maximum atomic E-state index is 12.1. The number of sulfonamides is 1. The normalized spacial score (nSPS) is 11.5. The average Bonchev–Trinajstić information content (AvgIpc) is 2.79. The number of aromatic amines is 1. The highest BCUT2D eigenvalue weighted by atomic mass is 32.2. The molecule has 0 saturated heterocycles. The van der Waals surface area contributed by atoms with E-state index in [9.17, 15) is 18.5 Å². The number of benzene rings is 1. The summed E-state index contributed by atoms with van der Waals surface area (Å²) in [5.74, 6) is 0. The van der Waals surface area contributed by atoms with Gasteiger partial charge in [-0.2, -0.15) is 5.10 Å². The SMILES string of the molecule is Cc1n[nH]c(C)c1CCNS(=O)(=O)c1cccc([N+](=O)[O-])c1. The molecule has 0 bridgehead atoms. The first-order chi connectivity index (χ1) is 10.3. The molecule has 0 aliphatic heterocycles. The zero-order valence-electron chi connectivity index (χ0n) is 12.2. The second kappa shape index (κ2) is 6.24. The quantitative estimate of drug-likeness (QED) is 0.616. The number of nitro benzene ring substituents is 1. The fourth-order valence-electron chi connectivity index (χ4n) is 2.10. The fourth-order valence-corrected chi connectivity index (χ4v) is 3.17. The Morgan fingerprint density at radius 3 is 2.68 bits per heavy atom. The summed E-state index contributed by atoms with van der Waals surface area (Å²) >= 11 is 0. The van der Waals surface area contributed by atoms with E-state index < -0.39 is 14.9 Å². The van der Waals surface area contributed by atoms with Crippen molar-refractivity contribution < 1.29 is 13.3 Å². The predicted molar refractivity (Wildman–Crippen MR) is 80.1 cm³/mol. The first kappa shape index (κ1) is 16.1. The van der Waals surface area contributed by atoms with Crippen molar-refractivity contribution >= 4 is 15.7 Å². The molecule has 0 unspecified atom stereocenters. The Balaban J connectivity index is 2.08. The number of nitrogens with zero attached hydrogens (tertiary/aromatic N) is 2. The van der Waals surface area contributed by atoms with Gasteiger partial charge in [0.2, 0.25) is 10.0 Å². The van der Waals surface area contributed by atoms with Crippen LogP contribution in [0.15, 0.2) is 29.2 Å². The van der Waals surface area contributed by atoms with Crippen LogP contribution in [0.1, 0.15) is 17.0 Å². The number of aryl methyl sites for hydroxylation is 2. The van der Waals surface area contributed by atoms with Gasteiger partial charge in [0, 0.05) is 24.4 Å². The molecule has 0 atom stereocenters. The maximum absolute atomic E-state index is 12.1. The first-order valence-electron chi connectivity index (χ1n) is 6.56. The van der Waals surface area contributed by atoms with Crippen molar-refractivity contribution in [3.63, 3.8) is 0 Å². The third-order valence-electron chi connectivity index (χ3n) is 3.29. The highest BCUT2D eigenvalue weighted by molar-refractivity contribution is 7.89. The molecule has 118 valence electrons. The molecular weight excluding hydrogens is 308 g/mol. The van der Waals surface area contributed by atoms with Crippen molar-refractivity contribution in [1.29, 1.82) is 0 Å². The summed E-state index contributed by atoms with van der Waals surface area (Å²) in [5, 5.41) is 17.6. The van der Waals surface area contributed by atoms with E-state index in [4.69, 9.17) is 0 Å². The van der Waals surface area contributed by atoms with Crippen molar-refractivity contribution in [2.24, 2.45) is 0 Å². The molecule has 0 radical (unpaired) electrons. The van der Waals surface area contributed by atoms with E-state index >= 15 is 0 Å². The summed E-state index contributed by atoms with van der Waals surface area (Å²) in [6, 6.07) is 4.95. The molecule has 8 nitrogen and oxygen atoms in total. The molecule has 9 heteroatoms. The number of hydrogen-bond acceptors (Lipinski definition) is 5. The van der Waals surface area contributed by atoms with Crippen LogP contribution in [0.2, 0.25) is 0 Å². The Hall–Kier alpha value is -2.26. The van der Waals surface area contributed by atoms with Crippen molar-refractivity contribution in [2.75, 3.05) is 6.54 Å². The number of hydrogen-bond donors (Lipinski definition) is 2. The minimum absolute atomic E-state index is 0.123. The van der Waals surface area contributed by atoms with Crippen LogP contribution in [-0.2, 0) is 16.4 Å². The molecule has 0 spiro atoms. The Kier molecular flexibility index (Phi) is 4.57. The van der Waals surface area contributed by atoms with Gasteiger partial charge >= 0.3 is 0 Å². The summed E-state index contributed by atoms with van der Waals surface area (Å²) in [7, 11) is -3.78. The lowest BCUT2D eigenvalue weighted by Gasteiger charge is -2.07. The van der Waals surface area contributed by atoms with Gasteiger partial charge < -0.3 is 0 Å². The van der Waals surface area contributed by atoms with Gasteiger partial charge in [0.25, 0.3) is 5.69 Å². The van der Waals surface area contributed by atoms with Gasteiger partial charge in [-0.1, -0.05) is 6.07 Å². The smallest absolute Gasteiger partial charge is 0.270 e. The lowest BCUT2D eigenvalue weighted by Crippen LogP contribution is -2.26. The van der Waals surface area contributed by atoms with Gasteiger partial charge in [-0.05, 0) is 31.9 Å². The fraction of sp³-hybridized carbons (Fsp3) is 0.308. The molecule has 1 aromatic heterocycles. The molecule has 1 aromatic carbocycles. The van der Waals surface area contributed by atoms with Crippen LogP contribution in [0, 0.1) is 24.0 Å². The zero-order valence-corrected chi connectivity index (χ0v) is 13.0. The maximum Gasteiger partial charge on any atom is 0.270 e. The third kappa shape index (κ3) is 3.49. The molecule has 1 heterocycles. The van der Waals surface area contributed by atoms with Crippen molar-refractivity contribution in [3.05, 3.63) is 51.3 Å². The summed E-state index contributed by atoms with van der Waals surface area (Å²) in [6.45, 7) is 3.89. The molecule has 2 N–H and O–H groups in total. The van der Waals surface area contributed by atoms with E-state index in [2.05, 4.69) is 14.9 Å². The number of rotatable bonds is 6. The number of nitrogens with one attached hydrogen (secondary N) is 2. The van der Waals surface area contributed by atoms with Gasteiger partial charge in [0.05, 0.1) is 15.5 Å². The lowest BCUT2D eigenvalue weighted by atomic mass is 10.1. The van der Waals surface area contributed by atoms with E-state index in [1.807, 2.05) is 13.8 Å². The number of non-ortho nitro benzene ring substituents is 1. The molecule has 0 aliphatic carbocycles. The van der Waals surface area contributed by atoms with E-state index in [0.29, 0.717) is 6.42 Å². The minimum Gasteiger partial charge on any atom is -0.282 e. The van der Waals surface area contributed by atoms with Gasteiger partial charge in [-0.15, -0.1) is 0 Å². The second-order valence-electron chi connectivity index (χ2n) is 4.81. The molecule has 0 aliphatic rings. The highest BCUT2D eigenvalue weighted by Gasteiger charge is 2.17. The molecular formula is C13H16N4O4S. The van der Waals surface area contributed by atoms with Crippen molar-refractivity contribution in [2.45, 2.75) is 25.2 Å². The largest absolute Gasteiger partial charge is 0.282 e. The van der Waals surface area contributed by atoms with E-state index in [0.717, 1.165) is 23.0 Å². The minimum atomic E-state index is -3.78. The Morgan fingerprint density at radius 1 is 1.36 bits per heavy atom. The molecule has 2 aromatic rings. The Bertz CT molecular complexity index is 779. The number of H-pyrrole nitrogens is 1. The molecule has 0 saturated carbocycles. The lowest BCUT2D eigenvalue weighted by molar-refractivity contribution is -0.385. The Morgan fingerprint density at radius 2 is 2.09 bits per heavy atom. The predicted octanol–water partition coefficient (Wildman–Crippen LogP) is 1.46. The second-order valence-corrected chi connectivity index (χ2v) is 6.58. The standard InChI is InChI=1S/C13H16N4O4S/c1-9-13(10(2)16-15-9)6-7-14-22(20,21)12-5-3-4-11(8-12)17(18)19/h3-5,8,14H,6-7H2,1-2H3,(H,15,16). The van der Waals surface area contributed by atoms with Gasteiger partial charge in [-0.25, -0.2) is 13.1 Å². The van der Waals surface area contributed by atoms with Gasteiger partial charge in [0.15, 0.2) is 0 Å². The van der Waals surface area contributed by atoms with Crippen LogP contribution in [0.5, 0.6) is 0 Å². The van der Waals surface area contributed by atoms with E-state index in [1.54, 1.807) is 0 Å². The van der Waals surface area contributed by atoms with Crippen LogP contribution in [-0.4, -0.2) is 30.1 Å². The molecule has 0 amide bonds. The van der Waals surface area contributed by atoms with Gasteiger partial charge in [-0.3, -0.25) is 15.2 Å². The van der Waals surface area contributed by atoms with Crippen molar-refractivity contribution in [1.82, 2.24) is 14.9 Å². The summed E-state index contributed by atoms with van der Waals surface area (Å²) in [5.41, 5.74) is 2.42. The van der Waals surface area contributed by atoms with E-state index in [-0.39, 0.29) is 17.1 Å². The highest BCUT2D eigenvalue weighted by Crippen LogP contribution is 2.17. The van der Waals surface area contributed by atoms with Crippen LogP contribution >= 0.6 is 0 Å². The topological polar surface area (TPSA) is 118 Å². The number of nitro groups is 1. The molecule has 2 rings (SSSR count). The van der Waals surface area contributed by atoms with Crippen LogP contribution in [0.4, 0.5) is 5.69 Å². The monoisotopic (exact) mass is 324 g/mol. The first-order valence-corrected chi connectivity index (χ1v) is 8.04. The Labute approximate surface area is 127 Å². The summed E-state index contributed by atoms with van der Waals surface area (Å²) in [6.07, 6.45) is 0.488. The van der Waals surface area contributed by atoms with Gasteiger partial charge in [0.1, 0.15) is 0 Å². The third-order valence-corrected chi connectivity index (χ3v) is 4.75. The van der Waals surface area contributed by atoms with E-state index in [1.165, 1.54) is 18.2 Å². The van der Waals surface area contributed by atoms with Crippen LogP contribution in [0.25, 0.3) is 0 Å². The summed E-state index contributed by atoms with van der Waals surface area (Å²) in [4.78, 5) is 9.95. The summed E-state index contributed by atoms with van der Waals surface area (Å²) < 4.78 is 26.7. The number of aromatic nitrogens is 2.